The molecular formula is C20H22ClN3O3. The van der Waals surface area contributed by atoms with Crippen LogP contribution in [0.15, 0.2) is 36.4 Å². The minimum absolute atomic E-state index is 0.140. The zero-order valence-corrected chi connectivity index (χ0v) is 15.9. The Labute approximate surface area is 163 Å². The van der Waals surface area contributed by atoms with Crippen molar-refractivity contribution in [2.45, 2.75) is 19.8 Å². The zero-order valence-electron chi connectivity index (χ0n) is 15.1. The van der Waals surface area contributed by atoms with Gasteiger partial charge in [0.2, 0.25) is 0 Å². The second-order valence-electron chi connectivity index (χ2n) is 6.53. The number of carbonyl (C=O) groups excluding carboxylic acids is 2. The van der Waals surface area contributed by atoms with Crippen molar-refractivity contribution in [1.82, 2.24) is 0 Å². The average Bonchev–Trinajstić information content (AvgIpc) is 3.17. The van der Waals surface area contributed by atoms with Crippen molar-refractivity contribution >= 4 is 34.8 Å². The summed E-state index contributed by atoms with van der Waals surface area (Å²) in [6.45, 7) is 3.86. The SMILES string of the molecule is Cc1cc(N2CCCC2)ccc1NC(=O)COc1ccc(Cl)cc1C(N)=O. The van der Waals surface area contributed by atoms with Gasteiger partial charge in [-0.25, -0.2) is 0 Å². The zero-order chi connectivity index (χ0) is 19.4. The lowest BCUT2D eigenvalue weighted by Gasteiger charge is -2.19. The van der Waals surface area contributed by atoms with Gasteiger partial charge in [-0.05, 0) is 61.7 Å². The second kappa shape index (κ2) is 8.31. The molecule has 142 valence electrons. The Balaban J connectivity index is 1.62. The summed E-state index contributed by atoms with van der Waals surface area (Å²) < 4.78 is 5.45. The van der Waals surface area contributed by atoms with E-state index in [4.69, 9.17) is 22.1 Å². The number of nitrogens with zero attached hydrogens (tertiary/aromatic N) is 1. The molecule has 3 rings (SSSR count). The van der Waals surface area contributed by atoms with Crippen LogP contribution in [0.3, 0.4) is 0 Å². The topological polar surface area (TPSA) is 84.7 Å². The molecule has 2 amide bonds. The Kier molecular flexibility index (Phi) is 5.86. The molecule has 1 saturated heterocycles. The van der Waals surface area contributed by atoms with Crippen molar-refractivity contribution in [3.63, 3.8) is 0 Å². The molecule has 1 aliphatic heterocycles. The molecule has 0 radical (unpaired) electrons. The number of anilines is 2. The standard InChI is InChI=1S/C20H22ClN3O3/c1-13-10-15(24-8-2-3-9-24)5-6-17(13)23-19(25)12-27-18-7-4-14(21)11-16(18)20(22)26/h4-7,10-11H,2-3,8-9,12H2,1H3,(H2,22,26)(H,23,25). The fraction of sp³-hybridized carbons (Fsp3) is 0.300. The van der Waals surface area contributed by atoms with Crippen molar-refractivity contribution in [1.29, 1.82) is 0 Å². The van der Waals surface area contributed by atoms with Crippen LogP contribution in [0.5, 0.6) is 5.75 Å². The van der Waals surface area contributed by atoms with Gasteiger partial charge >= 0.3 is 0 Å². The Hall–Kier alpha value is -2.73. The first-order valence-electron chi connectivity index (χ1n) is 8.81. The number of nitrogens with one attached hydrogen (secondary N) is 1. The van der Waals surface area contributed by atoms with E-state index in [1.165, 1.54) is 30.7 Å². The summed E-state index contributed by atoms with van der Waals surface area (Å²) in [6, 6.07) is 10.5. The minimum Gasteiger partial charge on any atom is -0.483 e. The van der Waals surface area contributed by atoms with Gasteiger partial charge in [0.05, 0.1) is 5.56 Å². The summed E-state index contributed by atoms with van der Waals surface area (Å²) in [7, 11) is 0. The number of carbonyl (C=O) groups is 2. The number of halogens is 1. The van der Waals surface area contributed by atoms with Crippen LogP contribution in [-0.4, -0.2) is 31.5 Å². The summed E-state index contributed by atoms with van der Waals surface area (Å²) in [6.07, 6.45) is 2.43. The monoisotopic (exact) mass is 387 g/mol. The van der Waals surface area contributed by atoms with Gasteiger partial charge in [-0.15, -0.1) is 0 Å². The summed E-state index contributed by atoms with van der Waals surface area (Å²) in [5.41, 5.74) is 8.35. The van der Waals surface area contributed by atoms with Crippen LogP contribution in [0.2, 0.25) is 5.02 Å². The van der Waals surface area contributed by atoms with Gasteiger partial charge in [-0.3, -0.25) is 9.59 Å². The molecule has 0 atom stereocenters. The van der Waals surface area contributed by atoms with Crippen molar-refractivity contribution < 1.29 is 14.3 Å². The Morgan fingerprint density at radius 3 is 2.59 bits per heavy atom. The number of primary amides is 1. The van der Waals surface area contributed by atoms with Crippen molar-refractivity contribution in [3.05, 3.63) is 52.5 Å². The molecule has 27 heavy (non-hydrogen) atoms. The molecule has 2 aromatic carbocycles. The lowest BCUT2D eigenvalue weighted by atomic mass is 10.1. The molecule has 0 unspecified atom stereocenters. The molecule has 0 bridgehead atoms. The van der Waals surface area contributed by atoms with E-state index in [1.807, 2.05) is 19.1 Å². The van der Waals surface area contributed by atoms with Crippen LogP contribution in [-0.2, 0) is 4.79 Å². The summed E-state index contributed by atoms with van der Waals surface area (Å²) in [4.78, 5) is 26.1. The maximum atomic E-state index is 12.2. The quantitative estimate of drug-likeness (QED) is 0.795. The summed E-state index contributed by atoms with van der Waals surface area (Å²) >= 11 is 5.86. The second-order valence-corrected chi connectivity index (χ2v) is 6.97. The van der Waals surface area contributed by atoms with Crippen LogP contribution in [0.4, 0.5) is 11.4 Å². The molecule has 1 heterocycles. The van der Waals surface area contributed by atoms with Gasteiger partial charge in [0.25, 0.3) is 11.8 Å². The molecule has 0 aliphatic carbocycles. The van der Waals surface area contributed by atoms with Gasteiger partial charge in [-0.2, -0.15) is 0 Å². The predicted molar refractivity (Wildman–Crippen MR) is 107 cm³/mol. The number of benzene rings is 2. The normalized spacial score (nSPS) is 13.5. The molecule has 7 heteroatoms. The van der Waals surface area contributed by atoms with Crippen LogP contribution < -0.4 is 20.7 Å². The first-order chi connectivity index (χ1) is 12.9. The van der Waals surface area contributed by atoms with Crippen molar-refractivity contribution in [2.24, 2.45) is 5.73 Å². The third kappa shape index (κ3) is 4.71. The van der Waals surface area contributed by atoms with E-state index in [2.05, 4.69) is 16.3 Å². The minimum atomic E-state index is -0.666. The van der Waals surface area contributed by atoms with E-state index < -0.39 is 5.91 Å². The molecule has 0 aromatic heterocycles. The van der Waals surface area contributed by atoms with E-state index >= 15 is 0 Å². The number of nitrogens with two attached hydrogens (primary N) is 1. The van der Waals surface area contributed by atoms with Crippen LogP contribution in [0.25, 0.3) is 0 Å². The predicted octanol–water partition coefficient (Wildman–Crippen LogP) is 3.37. The molecule has 1 fully saturated rings. The third-order valence-corrected chi connectivity index (χ3v) is 4.76. The van der Waals surface area contributed by atoms with E-state index in [9.17, 15) is 9.59 Å². The number of ether oxygens (including phenoxy) is 1. The molecule has 3 N–H and O–H groups in total. The lowest BCUT2D eigenvalue weighted by Crippen LogP contribution is -2.22. The highest BCUT2D eigenvalue weighted by Gasteiger charge is 2.15. The number of amides is 2. The maximum absolute atomic E-state index is 12.2. The highest BCUT2D eigenvalue weighted by atomic mass is 35.5. The van der Waals surface area contributed by atoms with Crippen LogP contribution in [0.1, 0.15) is 28.8 Å². The largest absolute Gasteiger partial charge is 0.483 e. The lowest BCUT2D eigenvalue weighted by molar-refractivity contribution is -0.118. The number of rotatable bonds is 6. The Morgan fingerprint density at radius 2 is 1.93 bits per heavy atom. The van der Waals surface area contributed by atoms with Gasteiger partial charge in [0.15, 0.2) is 6.61 Å². The van der Waals surface area contributed by atoms with Gasteiger partial charge in [0.1, 0.15) is 5.75 Å². The van der Waals surface area contributed by atoms with Crippen LogP contribution in [0, 0.1) is 6.92 Å². The third-order valence-electron chi connectivity index (χ3n) is 4.52. The van der Waals surface area contributed by atoms with Crippen molar-refractivity contribution in [3.8, 4) is 5.75 Å². The van der Waals surface area contributed by atoms with Gasteiger partial charge in [-0.1, -0.05) is 11.6 Å². The van der Waals surface area contributed by atoms with Crippen LogP contribution >= 0.6 is 11.6 Å². The Morgan fingerprint density at radius 1 is 1.19 bits per heavy atom. The molecule has 1 aliphatic rings. The van der Waals surface area contributed by atoms with Gasteiger partial charge in [0, 0.05) is 29.5 Å². The first kappa shape index (κ1) is 19.0. The van der Waals surface area contributed by atoms with E-state index in [0.717, 1.165) is 24.3 Å². The maximum Gasteiger partial charge on any atom is 0.262 e. The molecular weight excluding hydrogens is 366 g/mol. The Bertz CT molecular complexity index is 864. The molecule has 6 nitrogen and oxygen atoms in total. The summed E-state index contributed by atoms with van der Waals surface area (Å²) in [5.74, 6) is -0.762. The fourth-order valence-electron chi connectivity index (χ4n) is 3.11. The molecule has 0 saturated carbocycles. The van der Waals surface area contributed by atoms with E-state index in [1.54, 1.807) is 6.07 Å². The summed E-state index contributed by atoms with van der Waals surface area (Å²) in [5, 5.41) is 3.20. The highest BCUT2D eigenvalue weighted by molar-refractivity contribution is 6.31. The fourth-order valence-corrected chi connectivity index (χ4v) is 3.28. The van der Waals surface area contributed by atoms with E-state index in [-0.39, 0.29) is 23.8 Å². The number of hydrogen-bond acceptors (Lipinski definition) is 4. The van der Waals surface area contributed by atoms with Crippen molar-refractivity contribution in [2.75, 3.05) is 29.9 Å². The average molecular weight is 388 g/mol. The highest BCUT2D eigenvalue weighted by Crippen LogP contribution is 2.26. The van der Waals surface area contributed by atoms with E-state index in [0.29, 0.717) is 5.02 Å². The number of aryl methyl sites for hydroxylation is 1. The molecule has 0 spiro atoms. The number of hydrogen-bond donors (Lipinski definition) is 2. The smallest absolute Gasteiger partial charge is 0.262 e. The molecule has 2 aromatic rings. The first-order valence-corrected chi connectivity index (χ1v) is 9.19. The van der Waals surface area contributed by atoms with Gasteiger partial charge < -0.3 is 20.7 Å².